The van der Waals surface area contributed by atoms with Gasteiger partial charge in [0.2, 0.25) is 5.95 Å². The van der Waals surface area contributed by atoms with E-state index < -0.39 is 0 Å². The monoisotopic (exact) mass is 295 g/mol. The first-order valence-electron chi connectivity index (χ1n) is 6.71. The summed E-state index contributed by atoms with van der Waals surface area (Å²) in [5, 5.41) is 4.18. The van der Waals surface area contributed by atoms with E-state index in [-0.39, 0.29) is 0 Å². The lowest BCUT2D eigenvalue weighted by atomic mass is 10.2. The van der Waals surface area contributed by atoms with Crippen molar-refractivity contribution in [2.45, 2.75) is 13.0 Å². The maximum atomic E-state index is 6.09. The third-order valence-electron chi connectivity index (χ3n) is 3.54. The summed E-state index contributed by atoms with van der Waals surface area (Å²) in [6, 6.07) is 8.06. The molecule has 1 aromatic carbocycles. The molecule has 0 saturated carbocycles. The molecule has 0 amide bonds. The Kier molecular flexibility index (Phi) is 2.82. The summed E-state index contributed by atoms with van der Waals surface area (Å²) in [6.07, 6.45) is 4.46. The number of aryl methyl sites for hydroxylation is 2. The molecule has 0 unspecified atom stereocenters. The zero-order valence-electron chi connectivity index (χ0n) is 11.2. The summed E-state index contributed by atoms with van der Waals surface area (Å²) in [7, 11) is 0. The molecule has 104 valence electrons. The molecule has 0 fully saturated rings. The van der Waals surface area contributed by atoms with Gasteiger partial charge in [-0.15, -0.1) is 11.3 Å². The summed E-state index contributed by atoms with van der Waals surface area (Å²) in [6.45, 7) is 0.768. The molecule has 0 spiro atoms. The van der Waals surface area contributed by atoms with Crippen LogP contribution in [0.15, 0.2) is 42.0 Å². The highest BCUT2D eigenvalue weighted by molar-refractivity contribution is 7.09. The summed E-state index contributed by atoms with van der Waals surface area (Å²) in [5.74, 6) is 0.528. The van der Waals surface area contributed by atoms with Crippen molar-refractivity contribution in [1.82, 2.24) is 19.5 Å². The first-order valence-corrected chi connectivity index (χ1v) is 7.59. The number of thiazole rings is 1. The fourth-order valence-corrected chi connectivity index (χ4v) is 3.20. The highest BCUT2D eigenvalue weighted by Crippen LogP contribution is 2.26. The van der Waals surface area contributed by atoms with Crippen LogP contribution in [0, 0.1) is 0 Å². The number of anilines is 1. The number of fused-ring (bicyclic) bond motifs is 3. The highest BCUT2D eigenvalue weighted by atomic mass is 32.1. The molecule has 0 bridgehead atoms. The molecule has 2 N–H and O–H groups in total. The van der Waals surface area contributed by atoms with E-state index in [4.69, 9.17) is 5.73 Å². The maximum Gasteiger partial charge on any atom is 0.201 e. The number of para-hydroxylation sites is 1. The minimum Gasteiger partial charge on any atom is -0.369 e. The van der Waals surface area contributed by atoms with Crippen molar-refractivity contribution >= 4 is 39.2 Å². The smallest absolute Gasteiger partial charge is 0.201 e. The van der Waals surface area contributed by atoms with E-state index in [1.54, 1.807) is 17.5 Å². The molecule has 0 atom stereocenters. The Bertz CT molecular complexity index is 911. The number of rotatable bonds is 3. The molecule has 0 aliphatic rings. The van der Waals surface area contributed by atoms with E-state index in [2.05, 4.69) is 25.6 Å². The zero-order valence-corrected chi connectivity index (χ0v) is 12.0. The zero-order chi connectivity index (χ0) is 14.2. The van der Waals surface area contributed by atoms with Gasteiger partial charge in [0.05, 0.1) is 22.2 Å². The van der Waals surface area contributed by atoms with Gasteiger partial charge in [-0.1, -0.05) is 18.2 Å². The minimum atomic E-state index is 0.528. The Morgan fingerprint density at radius 3 is 2.90 bits per heavy atom. The van der Waals surface area contributed by atoms with Gasteiger partial charge in [-0.2, -0.15) is 0 Å². The molecule has 3 heterocycles. The normalized spacial score (nSPS) is 11.4. The van der Waals surface area contributed by atoms with E-state index in [0.29, 0.717) is 5.95 Å². The second-order valence-electron chi connectivity index (χ2n) is 4.81. The molecule has 0 saturated heterocycles. The summed E-state index contributed by atoms with van der Waals surface area (Å²) < 4.78 is 2.06. The van der Waals surface area contributed by atoms with Crippen LogP contribution in [-0.4, -0.2) is 19.5 Å². The van der Waals surface area contributed by atoms with E-state index in [1.165, 1.54) is 0 Å². The van der Waals surface area contributed by atoms with Gasteiger partial charge in [0.1, 0.15) is 5.52 Å². The number of benzene rings is 1. The topological polar surface area (TPSA) is 69.6 Å². The lowest BCUT2D eigenvalue weighted by Crippen LogP contribution is -2.05. The second kappa shape index (κ2) is 4.82. The quantitative estimate of drug-likeness (QED) is 0.631. The third-order valence-corrected chi connectivity index (χ3v) is 4.38. The van der Waals surface area contributed by atoms with Crippen molar-refractivity contribution in [2.24, 2.45) is 0 Å². The molecule has 21 heavy (non-hydrogen) atoms. The van der Waals surface area contributed by atoms with Gasteiger partial charge in [0, 0.05) is 29.9 Å². The van der Waals surface area contributed by atoms with Crippen LogP contribution in [-0.2, 0) is 13.0 Å². The van der Waals surface area contributed by atoms with Crippen molar-refractivity contribution in [1.29, 1.82) is 0 Å². The van der Waals surface area contributed by atoms with Crippen LogP contribution >= 0.6 is 11.3 Å². The fourth-order valence-electron chi connectivity index (χ4n) is 2.59. The van der Waals surface area contributed by atoms with Gasteiger partial charge >= 0.3 is 0 Å². The van der Waals surface area contributed by atoms with E-state index in [0.717, 1.165) is 39.9 Å². The molecule has 0 aliphatic carbocycles. The lowest BCUT2D eigenvalue weighted by Gasteiger charge is -2.07. The molecular formula is C15H13N5S. The minimum absolute atomic E-state index is 0.528. The molecular weight excluding hydrogens is 282 g/mol. The van der Waals surface area contributed by atoms with Crippen LogP contribution in [0.25, 0.3) is 21.9 Å². The summed E-state index contributed by atoms with van der Waals surface area (Å²) in [5.41, 5.74) is 8.94. The van der Waals surface area contributed by atoms with Crippen molar-refractivity contribution in [3.05, 3.63) is 47.0 Å². The highest BCUT2D eigenvalue weighted by Gasteiger charge is 2.12. The van der Waals surface area contributed by atoms with Crippen molar-refractivity contribution in [2.75, 3.05) is 5.73 Å². The van der Waals surface area contributed by atoms with E-state index in [9.17, 15) is 0 Å². The predicted octanol–water partition coefficient (Wildman–Crippen LogP) is 2.87. The SMILES string of the molecule is Nc1nc2cnc3ccccc3c2n1CCc1nccs1. The van der Waals surface area contributed by atoms with Gasteiger partial charge in [0.15, 0.2) is 0 Å². The molecule has 0 aliphatic heterocycles. The van der Waals surface area contributed by atoms with Gasteiger partial charge < -0.3 is 10.3 Å². The van der Waals surface area contributed by atoms with Gasteiger partial charge in [-0.3, -0.25) is 4.98 Å². The number of pyridine rings is 1. The number of nitrogen functional groups attached to an aromatic ring is 1. The number of imidazole rings is 1. The number of aromatic nitrogens is 4. The standard InChI is InChI=1S/C15H13N5S/c16-15-19-12-9-18-11-4-2-1-3-10(11)14(12)20(15)7-5-13-17-6-8-21-13/h1-4,6,8-9H,5,7H2,(H2,16,19). The Labute approximate surface area is 125 Å². The Hall–Kier alpha value is -2.47. The molecule has 3 aromatic heterocycles. The fraction of sp³-hybridized carbons (Fsp3) is 0.133. The number of hydrogen-bond acceptors (Lipinski definition) is 5. The van der Waals surface area contributed by atoms with Gasteiger partial charge in [0.25, 0.3) is 0 Å². The van der Waals surface area contributed by atoms with Crippen LogP contribution in [0.5, 0.6) is 0 Å². The van der Waals surface area contributed by atoms with E-state index in [1.807, 2.05) is 29.8 Å². The number of nitrogens with zero attached hydrogens (tertiary/aromatic N) is 4. The van der Waals surface area contributed by atoms with Crippen molar-refractivity contribution < 1.29 is 0 Å². The second-order valence-corrected chi connectivity index (χ2v) is 5.79. The number of hydrogen-bond donors (Lipinski definition) is 1. The first-order chi connectivity index (χ1) is 10.3. The Balaban J connectivity index is 1.86. The predicted molar refractivity (Wildman–Crippen MR) is 85.3 cm³/mol. The molecule has 6 heteroatoms. The lowest BCUT2D eigenvalue weighted by molar-refractivity contribution is 0.724. The van der Waals surface area contributed by atoms with Gasteiger partial charge in [-0.25, -0.2) is 9.97 Å². The Morgan fingerprint density at radius 2 is 2.05 bits per heavy atom. The first kappa shape index (κ1) is 12.3. The summed E-state index contributed by atoms with van der Waals surface area (Å²) >= 11 is 1.66. The van der Waals surface area contributed by atoms with E-state index >= 15 is 0 Å². The van der Waals surface area contributed by atoms with Crippen molar-refractivity contribution in [3.63, 3.8) is 0 Å². The van der Waals surface area contributed by atoms with Crippen LogP contribution in [0.4, 0.5) is 5.95 Å². The third kappa shape index (κ3) is 2.04. The molecule has 5 nitrogen and oxygen atoms in total. The average molecular weight is 295 g/mol. The number of nitrogens with two attached hydrogens (primary N) is 1. The summed E-state index contributed by atoms with van der Waals surface area (Å²) in [4.78, 5) is 13.2. The Morgan fingerprint density at radius 1 is 1.14 bits per heavy atom. The van der Waals surface area contributed by atoms with Crippen LogP contribution in [0.3, 0.4) is 0 Å². The van der Waals surface area contributed by atoms with Crippen LogP contribution in [0.1, 0.15) is 5.01 Å². The van der Waals surface area contributed by atoms with Crippen LogP contribution < -0.4 is 5.73 Å². The average Bonchev–Trinajstić information content (AvgIpc) is 3.12. The maximum absolute atomic E-state index is 6.09. The molecule has 0 radical (unpaired) electrons. The molecule has 4 rings (SSSR count). The largest absolute Gasteiger partial charge is 0.369 e. The van der Waals surface area contributed by atoms with Crippen molar-refractivity contribution in [3.8, 4) is 0 Å². The molecule has 4 aromatic rings. The van der Waals surface area contributed by atoms with Crippen LogP contribution in [0.2, 0.25) is 0 Å². The van der Waals surface area contributed by atoms with Gasteiger partial charge in [-0.05, 0) is 6.07 Å².